The normalized spacial score (nSPS) is 22.7. The van der Waals surface area contributed by atoms with E-state index in [1.54, 1.807) is 0 Å². The van der Waals surface area contributed by atoms with Gasteiger partial charge < -0.3 is 30.6 Å². The molecular formula is C32H38N6. The van der Waals surface area contributed by atoms with Crippen molar-refractivity contribution in [3.63, 3.8) is 0 Å². The van der Waals surface area contributed by atoms with Crippen molar-refractivity contribution in [3.8, 4) is 11.4 Å². The average molecular weight is 507 g/mol. The summed E-state index contributed by atoms with van der Waals surface area (Å²) in [5, 5.41) is 9.47. The number of aromatic amines is 4. The minimum absolute atomic E-state index is 0.101. The van der Waals surface area contributed by atoms with Crippen LogP contribution in [0.5, 0.6) is 0 Å². The summed E-state index contributed by atoms with van der Waals surface area (Å²) in [6.07, 6.45) is 9.89. The summed E-state index contributed by atoms with van der Waals surface area (Å²) < 4.78 is 0. The molecule has 38 heavy (non-hydrogen) atoms. The molecule has 3 atom stereocenters. The van der Waals surface area contributed by atoms with Gasteiger partial charge in [-0.05, 0) is 73.0 Å². The Kier molecular flexibility index (Phi) is 5.98. The second-order valence-corrected chi connectivity index (χ2v) is 11.6. The molecule has 6 N–H and O–H groups in total. The van der Waals surface area contributed by atoms with Gasteiger partial charge in [-0.3, -0.25) is 0 Å². The lowest BCUT2D eigenvalue weighted by molar-refractivity contribution is 0.573. The second-order valence-electron chi connectivity index (χ2n) is 11.6. The van der Waals surface area contributed by atoms with Crippen LogP contribution in [0.1, 0.15) is 81.8 Å². The zero-order chi connectivity index (χ0) is 26.4. The van der Waals surface area contributed by atoms with Gasteiger partial charge in [-0.2, -0.15) is 0 Å². The Morgan fingerprint density at radius 3 is 1.87 bits per heavy atom. The van der Waals surface area contributed by atoms with Gasteiger partial charge in [-0.25, -0.2) is 0 Å². The first-order valence-corrected chi connectivity index (χ1v) is 13.7. The van der Waals surface area contributed by atoms with E-state index in [1.807, 2.05) is 0 Å². The molecule has 3 unspecified atom stereocenters. The van der Waals surface area contributed by atoms with E-state index < -0.39 is 0 Å². The van der Waals surface area contributed by atoms with Crippen molar-refractivity contribution in [2.24, 2.45) is 0 Å². The highest BCUT2D eigenvalue weighted by Gasteiger charge is 2.20. The first-order valence-electron chi connectivity index (χ1n) is 13.7. The predicted molar refractivity (Wildman–Crippen MR) is 156 cm³/mol. The Morgan fingerprint density at radius 2 is 1.26 bits per heavy atom. The third kappa shape index (κ3) is 4.55. The zero-order valence-corrected chi connectivity index (χ0v) is 22.9. The maximum atomic E-state index is 3.66. The summed E-state index contributed by atoms with van der Waals surface area (Å²) in [7, 11) is 0. The highest BCUT2D eigenvalue weighted by atomic mass is 15.0. The van der Waals surface area contributed by atoms with Crippen molar-refractivity contribution in [2.75, 3.05) is 0 Å². The van der Waals surface area contributed by atoms with Crippen LogP contribution in [0, 0.1) is 0 Å². The molecule has 6 nitrogen and oxygen atoms in total. The lowest BCUT2D eigenvalue weighted by Crippen LogP contribution is -2.24. The zero-order valence-electron chi connectivity index (χ0n) is 22.9. The van der Waals surface area contributed by atoms with Crippen LogP contribution in [0.2, 0.25) is 0 Å². The van der Waals surface area contributed by atoms with Gasteiger partial charge in [0.05, 0.1) is 45.6 Å². The number of hydrogen-bond donors (Lipinski definition) is 6. The minimum Gasteiger partial charge on any atom is -0.372 e. The average Bonchev–Trinajstić information content (AvgIpc) is 3.71. The van der Waals surface area contributed by atoms with Gasteiger partial charge in [0.25, 0.3) is 0 Å². The fourth-order valence-electron chi connectivity index (χ4n) is 5.18. The quantitative estimate of drug-likeness (QED) is 0.216. The fourth-order valence-corrected chi connectivity index (χ4v) is 5.18. The molecule has 2 aliphatic heterocycles. The van der Waals surface area contributed by atoms with Gasteiger partial charge in [0.1, 0.15) is 0 Å². The molecule has 0 radical (unpaired) electrons. The van der Waals surface area contributed by atoms with E-state index in [0.29, 0.717) is 5.92 Å². The van der Waals surface area contributed by atoms with Gasteiger partial charge >= 0.3 is 0 Å². The van der Waals surface area contributed by atoms with Crippen LogP contribution in [0.3, 0.4) is 0 Å². The van der Waals surface area contributed by atoms with Crippen molar-refractivity contribution in [1.29, 1.82) is 0 Å². The Bertz CT molecular complexity index is 1630. The smallest absolute Gasteiger partial charge is 0.0852 e. The maximum absolute atomic E-state index is 3.66. The molecule has 0 amide bonds. The van der Waals surface area contributed by atoms with E-state index in [4.69, 9.17) is 0 Å². The van der Waals surface area contributed by atoms with Crippen LogP contribution in [-0.2, 0) is 5.41 Å². The summed E-state index contributed by atoms with van der Waals surface area (Å²) in [4.78, 5) is 14.4. The fraction of sp³-hybridized carbons (Fsp3) is 0.312. The lowest BCUT2D eigenvalue weighted by Gasteiger charge is -2.16. The maximum Gasteiger partial charge on any atom is 0.0852 e. The molecule has 196 valence electrons. The third-order valence-corrected chi connectivity index (χ3v) is 7.84. The minimum atomic E-state index is 0.101. The van der Waals surface area contributed by atoms with Crippen LogP contribution in [0.4, 0.5) is 0 Å². The molecule has 0 aliphatic carbocycles. The standard InChI is InChI=1S/C32H38N6/c1-6-19(2)20-7-8-21(33-20)22-9-10-23(34-22)24-11-12-25(35-24)26-13-14-27(36-26)28-15-16-29(37-28)30-17-18-31(38-30)32(3,4)5/h7-19,22,27,33-38H,6H2,1-5H3/b24-23+,26-25+. The highest BCUT2D eigenvalue weighted by molar-refractivity contribution is 5.62. The third-order valence-electron chi connectivity index (χ3n) is 7.84. The van der Waals surface area contributed by atoms with Crippen LogP contribution in [0.25, 0.3) is 22.8 Å². The summed E-state index contributed by atoms with van der Waals surface area (Å²) in [5.74, 6) is 0.545. The Hall–Kier alpha value is -4.06. The van der Waals surface area contributed by atoms with Crippen molar-refractivity contribution >= 4 is 11.4 Å². The van der Waals surface area contributed by atoms with E-state index in [1.165, 1.54) is 17.1 Å². The monoisotopic (exact) mass is 506 g/mol. The number of aromatic nitrogens is 4. The summed E-state index contributed by atoms with van der Waals surface area (Å²) in [6, 6.07) is 17.6. The first kappa shape index (κ1) is 24.3. The number of H-pyrrole nitrogens is 4. The van der Waals surface area contributed by atoms with E-state index in [2.05, 4.69) is 138 Å². The molecule has 0 aromatic carbocycles. The predicted octanol–water partition coefficient (Wildman–Crippen LogP) is 5.49. The molecule has 4 aromatic heterocycles. The van der Waals surface area contributed by atoms with E-state index in [-0.39, 0.29) is 17.5 Å². The Morgan fingerprint density at radius 1 is 0.684 bits per heavy atom. The highest BCUT2D eigenvalue weighted by Crippen LogP contribution is 2.28. The molecule has 0 saturated carbocycles. The van der Waals surface area contributed by atoms with Crippen molar-refractivity contribution < 1.29 is 0 Å². The van der Waals surface area contributed by atoms with Crippen LogP contribution in [0.15, 0.2) is 72.8 Å². The summed E-state index contributed by atoms with van der Waals surface area (Å²) in [5.41, 5.74) is 9.40. The molecule has 4 aromatic rings. The van der Waals surface area contributed by atoms with Crippen molar-refractivity contribution in [3.05, 3.63) is 106 Å². The SMILES string of the molecule is CCC(C)c1ccc(C2C=C/C(=c3/cc/c(=C4/C=CC(c5ccc(-c6ccc(C(C)(C)C)[nH]6)[nH]5)N4)[nH]3)N2)[nH]1. The topological polar surface area (TPSA) is 87.2 Å². The Balaban J connectivity index is 1.17. The first-order chi connectivity index (χ1) is 18.3. The number of rotatable bonds is 5. The molecule has 0 saturated heterocycles. The van der Waals surface area contributed by atoms with Gasteiger partial charge in [-0.15, -0.1) is 0 Å². The number of hydrogen-bond acceptors (Lipinski definition) is 2. The molecule has 6 heterocycles. The van der Waals surface area contributed by atoms with Gasteiger partial charge in [0.2, 0.25) is 0 Å². The van der Waals surface area contributed by atoms with Crippen molar-refractivity contribution in [1.82, 2.24) is 30.6 Å². The molecule has 0 bridgehead atoms. The van der Waals surface area contributed by atoms with E-state index in [0.717, 1.165) is 45.6 Å². The number of nitrogens with one attached hydrogen (secondary N) is 6. The van der Waals surface area contributed by atoms with E-state index in [9.17, 15) is 0 Å². The summed E-state index contributed by atoms with van der Waals surface area (Å²) >= 11 is 0. The lowest BCUT2D eigenvalue weighted by atomic mass is 9.93. The molecule has 2 aliphatic rings. The van der Waals surface area contributed by atoms with Crippen LogP contribution in [-0.4, -0.2) is 19.9 Å². The second kappa shape index (κ2) is 9.35. The molecule has 6 heteroatoms. The van der Waals surface area contributed by atoms with E-state index >= 15 is 0 Å². The van der Waals surface area contributed by atoms with Crippen LogP contribution < -0.4 is 21.3 Å². The summed E-state index contributed by atoms with van der Waals surface area (Å²) in [6.45, 7) is 11.2. The molecule has 0 fully saturated rings. The van der Waals surface area contributed by atoms with Gasteiger partial charge in [0.15, 0.2) is 0 Å². The molecule has 6 rings (SSSR count). The van der Waals surface area contributed by atoms with Gasteiger partial charge in [0, 0.05) is 28.2 Å². The molecular weight excluding hydrogens is 468 g/mol. The Labute approximate surface area is 224 Å². The largest absolute Gasteiger partial charge is 0.372 e. The van der Waals surface area contributed by atoms with Crippen LogP contribution >= 0.6 is 0 Å². The molecule has 0 spiro atoms. The van der Waals surface area contributed by atoms with Gasteiger partial charge in [-0.1, -0.05) is 46.8 Å². The van der Waals surface area contributed by atoms with Crippen molar-refractivity contribution in [2.45, 2.75) is 64.5 Å².